The molecule has 0 aromatic rings. The number of nitrogens with zero attached hydrogens (tertiary/aromatic N) is 3. The number of amides is 1. The Hall–Kier alpha value is -1.18. The zero-order chi connectivity index (χ0) is 22.7. The lowest BCUT2D eigenvalue weighted by molar-refractivity contribution is -0.163. The van der Waals surface area contributed by atoms with Gasteiger partial charge in [0.15, 0.2) is 0 Å². The van der Waals surface area contributed by atoms with Gasteiger partial charge in [-0.3, -0.25) is 4.79 Å². The first-order valence-electron chi connectivity index (χ1n) is 10.7. The van der Waals surface area contributed by atoms with Crippen molar-refractivity contribution < 1.29 is 28.2 Å². The molecule has 2 unspecified atom stereocenters. The van der Waals surface area contributed by atoms with E-state index < -0.39 is 28.2 Å². The van der Waals surface area contributed by atoms with Crippen LogP contribution in [-0.4, -0.2) is 100 Å². The van der Waals surface area contributed by atoms with Gasteiger partial charge in [-0.15, -0.1) is 11.8 Å². The quantitative estimate of drug-likeness (QED) is 0.421. The number of fused-ring (bicyclic) bond motifs is 1. The smallest absolute Gasteiger partial charge is 0.353 e. The Balaban J connectivity index is 1.43. The predicted molar refractivity (Wildman–Crippen MR) is 115 cm³/mol. The topological polar surface area (TPSA) is 130 Å². The number of carboxylic acids is 1. The van der Waals surface area contributed by atoms with Crippen LogP contribution < -0.4 is 5.32 Å². The summed E-state index contributed by atoms with van der Waals surface area (Å²) >= 11 is 1.47. The molecule has 3 fully saturated rings. The molecule has 0 radical (unpaired) electrons. The van der Waals surface area contributed by atoms with Gasteiger partial charge in [-0.25, -0.2) is 4.79 Å². The number of rotatable bonds is 7. The Kier molecular flexibility index (Phi) is 6.16. The Labute approximate surface area is 186 Å². The second-order valence-corrected chi connectivity index (χ2v) is 12.0. The summed E-state index contributed by atoms with van der Waals surface area (Å²) in [7, 11) is -3.40. The normalized spacial score (nSPS) is 36.7. The molecule has 0 saturated carbocycles. The maximum atomic E-state index is 12.5. The number of carbonyl (C=O) groups is 2. The molecule has 4 heterocycles. The van der Waals surface area contributed by atoms with Gasteiger partial charge in [0.1, 0.15) is 5.70 Å². The fourth-order valence-corrected chi connectivity index (χ4v) is 8.40. The van der Waals surface area contributed by atoms with E-state index in [1.807, 2.05) is 13.8 Å². The SMILES string of the molecule is CCN1CCN(C[C@@H]2C[C@H](SC3=C(C(=O)O)N4C(=O)C([C@@H](C)O)C4[C@H]3C)CN2)S1(=O)=O. The minimum atomic E-state index is -3.40. The summed E-state index contributed by atoms with van der Waals surface area (Å²) in [5, 5.41) is 23.2. The highest BCUT2D eigenvalue weighted by molar-refractivity contribution is 8.03. The molecule has 0 aliphatic carbocycles. The Morgan fingerprint density at radius 2 is 2.00 bits per heavy atom. The number of aliphatic hydroxyl groups is 1. The molecule has 4 aliphatic rings. The third kappa shape index (κ3) is 3.70. The van der Waals surface area contributed by atoms with Crippen molar-refractivity contribution in [2.45, 2.75) is 50.6 Å². The summed E-state index contributed by atoms with van der Waals surface area (Å²) in [6.07, 6.45) is -0.108. The molecule has 6 atom stereocenters. The van der Waals surface area contributed by atoms with Gasteiger partial charge in [0.25, 0.3) is 10.2 Å². The van der Waals surface area contributed by atoms with Gasteiger partial charge in [-0.05, 0) is 13.3 Å². The van der Waals surface area contributed by atoms with Crippen LogP contribution >= 0.6 is 11.8 Å². The highest BCUT2D eigenvalue weighted by Gasteiger charge is 2.60. The van der Waals surface area contributed by atoms with Crippen LogP contribution in [0, 0.1) is 11.8 Å². The fraction of sp³-hybridized carbons (Fsp3) is 0.789. The molecular weight excluding hydrogens is 444 g/mol. The Morgan fingerprint density at radius 1 is 1.32 bits per heavy atom. The fourth-order valence-electron chi connectivity index (χ4n) is 5.24. The van der Waals surface area contributed by atoms with Crippen molar-refractivity contribution in [1.82, 2.24) is 18.8 Å². The first-order valence-corrected chi connectivity index (χ1v) is 13.0. The number of hydrogen-bond donors (Lipinski definition) is 3. The third-order valence-electron chi connectivity index (χ3n) is 6.81. The lowest BCUT2D eigenvalue weighted by Crippen LogP contribution is -2.63. The van der Waals surface area contributed by atoms with Gasteiger partial charge in [-0.2, -0.15) is 17.0 Å². The van der Waals surface area contributed by atoms with E-state index >= 15 is 0 Å². The van der Waals surface area contributed by atoms with Crippen molar-refractivity contribution in [3.05, 3.63) is 10.6 Å². The van der Waals surface area contributed by atoms with E-state index in [1.54, 1.807) is 6.92 Å². The van der Waals surface area contributed by atoms with Crippen molar-refractivity contribution in [2.75, 3.05) is 32.7 Å². The number of likely N-dealkylation sites (N-methyl/N-ethyl adjacent to an activating group) is 1. The summed E-state index contributed by atoms with van der Waals surface area (Å²) in [5.74, 6) is -2.19. The van der Waals surface area contributed by atoms with Gasteiger partial charge in [0.2, 0.25) is 5.91 Å². The zero-order valence-electron chi connectivity index (χ0n) is 17.9. The van der Waals surface area contributed by atoms with E-state index in [0.717, 1.165) is 0 Å². The van der Waals surface area contributed by atoms with Crippen LogP contribution in [0.25, 0.3) is 0 Å². The molecule has 174 valence electrons. The first kappa shape index (κ1) is 23.0. The Morgan fingerprint density at radius 3 is 2.58 bits per heavy atom. The predicted octanol–water partition coefficient (Wildman–Crippen LogP) is -0.514. The molecule has 31 heavy (non-hydrogen) atoms. The van der Waals surface area contributed by atoms with Crippen molar-refractivity contribution in [2.24, 2.45) is 11.8 Å². The highest BCUT2D eigenvalue weighted by Crippen LogP contribution is 2.51. The summed E-state index contributed by atoms with van der Waals surface area (Å²) in [6.45, 7) is 7.79. The maximum absolute atomic E-state index is 12.5. The van der Waals surface area contributed by atoms with E-state index in [9.17, 15) is 28.2 Å². The monoisotopic (exact) mass is 474 g/mol. The average Bonchev–Trinajstić information content (AvgIpc) is 3.31. The van der Waals surface area contributed by atoms with Crippen molar-refractivity contribution >= 4 is 33.8 Å². The minimum Gasteiger partial charge on any atom is -0.477 e. The largest absolute Gasteiger partial charge is 0.477 e. The maximum Gasteiger partial charge on any atom is 0.353 e. The summed E-state index contributed by atoms with van der Waals surface area (Å²) in [6, 6.07) is -0.320. The van der Waals surface area contributed by atoms with Gasteiger partial charge in [0, 0.05) is 54.8 Å². The highest BCUT2D eigenvalue weighted by atomic mass is 32.2. The van der Waals surface area contributed by atoms with Crippen LogP contribution in [0.15, 0.2) is 10.6 Å². The number of carboxylic acid groups (broad SMARTS) is 1. The van der Waals surface area contributed by atoms with Crippen LogP contribution in [-0.2, 0) is 19.8 Å². The van der Waals surface area contributed by atoms with Gasteiger partial charge in [-0.1, -0.05) is 13.8 Å². The number of nitrogens with one attached hydrogen (secondary N) is 1. The van der Waals surface area contributed by atoms with E-state index in [0.29, 0.717) is 44.0 Å². The first-order chi connectivity index (χ1) is 14.6. The number of hydrogen-bond acceptors (Lipinski definition) is 7. The van der Waals surface area contributed by atoms with Crippen LogP contribution in [0.5, 0.6) is 0 Å². The summed E-state index contributed by atoms with van der Waals surface area (Å²) in [5.41, 5.74) is 0.0357. The second-order valence-electron chi connectivity index (χ2n) is 8.71. The molecule has 0 bridgehead atoms. The van der Waals surface area contributed by atoms with Crippen molar-refractivity contribution in [3.63, 3.8) is 0 Å². The standard InChI is InChI=1S/C19H30N4O6S2/c1-4-21-5-6-22(31(21,28)29)9-12-7-13(8-20-12)30-17-10(2)15-14(11(3)24)18(25)23(15)16(17)19(26)27/h10-15,20,24H,4-9H2,1-3H3,(H,26,27)/t10-,11-,12+,13+,14?,15?/m1/s1. The van der Waals surface area contributed by atoms with Crippen molar-refractivity contribution in [3.8, 4) is 0 Å². The molecule has 12 heteroatoms. The number of aliphatic carboxylic acids is 1. The molecule has 4 aliphatic heterocycles. The minimum absolute atomic E-state index is 0.00135. The van der Waals surface area contributed by atoms with Crippen molar-refractivity contribution in [1.29, 1.82) is 0 Å². The van der Waals surface area contributed by atoms with Gasteiger partial charge < -0.3 is 20.4 Å². The zero-order valence-corrected chi connectivity index (χ0v) is 19.5. The third-order valence-corrected chi connectivity index (χ3v) is 10.4. The lowest BCUT2D eigenvalue weighted by atomic mass is 9.79. The second kappa shape index (κ2) is 8.31. The van der Waals surface area contributed by atoms with E-state index in [-0.39, 0.29) is 34.9 Å². The van der Waals surface area contributed by atoms with Gasteiger partial charge in [0.05, 0.1) is 18.1 Å². The van der Waals surface area contributed by atoms with E-state index in [1.165, 1.54) is 25.3 Å². The number of aliphatic hydroxyl groups excluding tert-OH is 1. The number of β-lactam (4-membered cyclic amide) rings is 1. The van der Waals surface area contributed by atoms with E-state index in [4.69, 9.17) is 0 Å². The summed E-state index contributed by atoms with van der Waals surface area (Å²) in [4.78, 5) is 26.4. The molecule has 0 aromatic carbocycles. The van der Waals surface area contributed by atoms with Crippen LogP contribution in [0.4, 0.5) is 0 Å². The Bertz CT molecular complexity index is 907. The molecule has 0 spiro atoms. The molecule has 1 amide bonds. The molecule has 3 N–H and O–H groups in total. The van der Waals surface area contributed by atoms with Crippen LogP contribution in [0.2, 0.25) is 0 Å². The van der Waals surface area contributed by atoms with Crippen LogP contribution in [0.3, 0.4) is 0 Å². The lowest BCUT2D eigenvalue weighted by Gasteiger charge is -2.46. The number of thioether (sulfide) groups is 1. The van der Waals surface area contributed by atoms with Crippen LogP contribution in [0.1, 0.15) is 27.2 Å². The molecule has 3 saturated heterocycles. The number of carbonyl (C=O) groups excluding carboxylic acids is 1. The summed E-state index contributed by atoms with van der Waals surface area (Å²) < 4.78 is 28.0. The molecular formula is C19H30N4O6S2. The molecule has 10 nitrogen and oxygen atoms in total. The average molecular weight is 475 g/mol. The molecule has 0 aromatic heterocycles. The van der Waals surface area contributed by atoms with E-state index in [2.05, 4.69) is 5.32 Å². The molecule has 4 rings (SSSR count). The van der Waals surface area contributed by atoms with Gasteiger partial charge >= 0.3 is 5.97 Å².